The van der Waals surface area contributed by atoms with Crippen LogP contribution in [0.1, 0.15) is 47.1 Å². The summed E-state index contributed by atoms with van der Waals surface area (Å²) in [5, 5.41) is 0. The van der Waals surface area contributed by atoms with Gasteiger partial charge < -0.3 is 9.47 Å². The average molecular weight is 367 g/mol. The molecule has 5 rings (SSSR count). The number of carbonyl (C=O) groups is 1. The van der Waals surface area contributed by atoms with E-state index in [1.165, 1.54) is 17.7 Å². The maximum absolute atomic E-state index is 13.4. The first kappa shape index (κ1) is 18.2. The molecule has 5 heteroatoms. The highest BCUT2D eigenvalue weighted by molar-refractivity contribution is 5.96. The van der Waals surface area contributed by atoms with Crippen LogP contribution < -0.4 is 0 Å². The molecule has 27 heavy (non-hydrogen) atoms. The highest BCUT2D eigenvalue weighted by Gasteiger charge is 2.38. The van der Waals surface area contributed by atoms with Crippen molar-refractivity contribution < 1.29 is 4.79 Å². The number of aromatic nitrogens is 2. The summed E-state index contributed by atoms with van der Waals surface area (Å²) in [7, 11) is 0. The Morgan fingerprint density at radius 3 is 2.63 bits per heavy atom. The molecule has 2 aromatic heterocycles. The minimum absolute atomic E-state index is 0.225. The van der Waals surface area contributed by atoms with Crippen molar-refractivity contribution >= 4 is 5.91 Å². The number of amides is 1. The SMILES string of the molecule is CCn1c(C)cc(C(=O)N2C[C@H]3CC[C@@H]2CN(Cc2ccncc2)C3)c1C. The van der Waals surface area contributed by atoms with E-state index >= 15 is 0 Å². The fourth-order valence-corrected chi connectivity index (χ4v) is 4.96. The highest BCUT2D eigenvalue weighted by Crippen LogP contribution is 2.31. The standard InChI is InChI=1S/C22H30N4O/c1-4-25-16(2)11-21(17(25)3)22(27)26-14-19-5-6-20(26)15-24(13-19)12-18-7-9-23-10-8-18/h7-11,19-20H,4-6,12-15H2,1-3H3/t19-,20+/m0/s1. The van der Waals surface area contributed by atoms with E-state index in [1.807, 2.05) is 12.4 Å². The Morgan fingerprint density at radius 2 is 1.93 bits per heavy atom. The Balaban J connectivity index is 1.53. The van der Waals surface area contributed by atoms with E-state index in [0.29, 0.717) is 12.0 Å². The van der Waals surface area contributed by atoms with Gasteiger partial charge in [0.1, 0.15) is 0 Å². The van der Waals surface area contributed by atoms with Gasteiger partial charge in [-0.05, 0) is 63.3 Å². The molecule has 2 bridgehead atoms. The van der Waals surface area contributed by atoms with Crippen molar-refractivity contribution in [2.45, 2.75) is 52.7 Å². The molecule has 0 saturated carbocycles. The number of rotatable bonds is 4. The third-order valence-corrected chi connectivity index (χ3v) is 6.33. The summed E-state index contributed by atoms with van der Waals surface area (Å²) in [6.45, 7) is 11.1. The van der Waals surface area contributed by atoms with Gasteiger partial charge in [-0.25, -0.2) is 0 Å². The van der Waals surface area contributed by atoms with Gasteiger partial charge in [-0.2, -0.15) is 0 Å². The molecule has 5 heterocycles. The number of piperidine rings is 1. The Bertz CT molecular complexity index is 813. The second kappa shape index (κ2) is 7.47. The van der Waals surface area contributed by atoms with E-state index < -0.39 is 0 Å². The van der Waals surface area contributed by atoms with E-state index in [-0.39, 0.29) is 5.91 Å². The van der Waals surface area contributed by atoms with E-state index in [0.717, 1.165) is 50.4 Å². The zero-order valence-electron chi connectivity index (χ0n) is 16.7. The van der Waals surface area contributed by atoms with E-state index in [4.69, 9.17) is 0 Å². The zero-order valence-corrected chi connectivity index (χ0v) is 16.7. The molecule has 3 saturated heterocycles. The predicted octanol–water partition coefficient (Wildman–Crippen LogP) is 3.26. The number of hydrogen-bond acceptors (Lipinski definition) is 3. The zero-order chi connectivity index (χ0) is 19.0. The van der Waals surface area contributed by atoms with Gasteiger partial charge in [0.25, 0.3) is 5.91 Å². The number of fused-ring (bicyclic) bond motifs is 4. The summed E-state index contributed by atoms with van der Waals surface area (Å²) >= 11 is 0. The summed E-state index contributed by atoms with van der Waals surface area (Å²) in [5.41, 5.74) is 4.48. The van der Waals surface area contributed by atoms with Crippen molar-refractivity contribution in [1.82, 2.24) is 19.4 Å². The number of nitrogens with zero attached hydrogens (tertiary/aromatic N) is 4. The third-order valence-electron chi connectivity index (χ3n) is 6.33. The van der Waals surface area contributed by atoms with Crippen LogP contribution in [0.5, 0.6) is 0 Å². The van der Waals surface area contributed by atoms with Gasteiger partial charge in [0.2, 0.25) is 0 Å². The monoisotopic (exact) mass is 366 g/mol. The van der Waals surface area contributed by atoms with E-state index in [9.17, 15) is 4.79 Å². The van der Waals surface area contributed by atoms with Crippen molar-refractivity contribution in [1.29, 1.82) is 0 Å². The lowest BCUT2D eigenvalue weighted by Gasteiger charge is -2.36. The van der Waals surface area contributed by atoms with Gasteiger partial charge in [0, 0.05) is 62.5 Å². The Hall–Kier alpha value is -2.14. The first-order valence-electron chi connectivity index (χ1n) is 10.2. The van der Waals surface area contributed by atoms with Crippen molar-refractivity contribution in [2.75, 3.05) is 19.6 Å². The molecule has 0 aliphatic carbocycles. The van der Waals surface area contributed by atoms with E-state index in [2.05, 4.69) is 58.3 Å². The summed E-state index contributed by atoms with van der Waals surface area (Å²) in [6, 6.07) is 6.59. The van der Waals surface area contributed by atoms with Gasteiger partial charge in [-0.3, -0.25) is 14.7 Å². The van der Waals surface area contributed by atoms with Gasteiger partial charge >= 0.3 is 0 Å². The molecule has 0 radical (unpaired) electrons. The van der Waals surface area contributed by atoms with Crippen LogP contribution in [0.25, 0.3) is 0 Å². The van der Waals surface area contributed by atoms with Crippen LogP contribution in [0.2, 0.25) is 0 Å². The molecule has 3 aliphatic rings. The van der Waals surface area contributed by atoms with E-state index in [1.54, 1.807) is 0 Å². The largest absolute Gasteiger partial charge is 0.349 e. The van der Waals surface area contributed by atoms with Crippen LogP contribution in [0, 0.1) is 19.8 Å². The first-order valence-corrected chi connectivity index (χ1v) is 10.2. The van der Waals surface area contributed by atoms with Crippen LogP contribution in [-0.4, -0.2) is 50.9 Å². The second-order valence-electron chi connectivity index (χ2n) is 8.13. The third kappa shape index (κ3) is 3.53. The maximum atomic E-state index is 13.4. The molecule has 0 spiro atoms. The highest BCUT2D eigenvalue weighted by atomic mass is 16.2. The van der Waals surface area contributed by atoms with Gasteiger partial charge in [-0.15, -0.1) is 0 Å². The lowest BCUT2D eigenvalue weighted by Crippen LogP contribution is -2.47. The lowest BCUT2D eigenvalue weighted by molar-refractivity contribution is 0.0584. The van der Waals surface area contributed by atoms with Crippen LogP contribution in [0.4, 0.5) is 0 Å². The van der Waals surface area contributed by atoms with Crippen molar-refractivity contribution in [3.8, 4) is 0 Å². The molecule has 0 N–H and O–H groups in total. The number of pyridine rings is 1. The molecular formula is C22H30N4O. The summed E-state index contributed by atoms with van der Waals surface area (Å²) in [4.78, 5) is 22.2. The molecule has 5 nitrogen and oxygen atoms in total. The van der Waals surface area contributed by atoms with Gasteiger partial charge in [0.05, 0.1) is 5.56 Å². The molecule has 2 aromatic rings. The molecule has 2 atom stereocenters. The maximum Gasteiger partial charge on any atom is 0.255 e. The molecule has 3 aliphatic heterocycles. The van der Waals surface area contributed by atoms with Gasteiger partial charge in [0.15, 0.2) is 0 Å². The second-order valence-corrected chi connectivity index (χ2v) is 8.13. The van der Waals surface area contributed by atoms with Crippen LogP contribution in [0.3, 0.4) is 0 Å². The Kier molecular flexibility index (Phi) is 5.04. The Labute approximate surface area is 162 Å². The number of carbonyl (C=O) groups excluding carboxylic acids is 1. The minimum atomic E-state index is 0.225. The average Bonchev–Trinajstić information content (AvgIpc) is 2.82. The summed E-state index contributed by atoms with van der Waals surface area (Å²) in [6.07, 6.45) is 6.08. The van der Waals surface area contributed by atoms with Crippen molar-refractivity contribution in [2.24, 2.45) is 5.92 Å². The molecule has 3 fully saturated rings. The summed E-state index contributed by atoms with van der Waals surface area (Å²) < 4.78 is 2.24. The molecule has 144 valence electrons. The molecule has 0 unspecified atom stereocenters. The lowest BCUT2D eigenvalue weighted by atomic mass is 9.94. The van der Waals surface area contributed by atoms with Crippen LogP contribution in [-0.2, 0) is 13.1 Å². The first-order chi connectivity index (χ1) is 13.1. The van der Waals surface area contributed by atoms with Crippen molar-refractivity contribution in [3.05, 3.63) is 53.1 Å². The topological polar surface area (TPSA) is 41.4 Å². The smallest absolute Gasteiger partial charge is 0.255 e. The summed E-state index contributed by atoms with van der Waals surface area (Å²) in [5.74, 6) is 0.799. The van der Waals surface area contributed by atoms with Crippen LogP contribution in [0.15, 0.2) is 30.6 Å². The quantitative estimate of drug-likeness (QED) is 0.834. The minimum Gasteiger partial charge on any atom is -0.349 e. The van der Waals surface area contributed by atoms with Crippen molar-refractivity contribution in [3.63, 3.8) is 0 Å². The predicted molar refractivity (Wildman–Crippen MR) is 107 cm³/mol. The van der Waals surface area contributed by atoms with Gasteiger partial charge in [-0.1, -0.05) is 0 Å². The molecule has 1 amide bonds. The normalized spacial score (nSPS) is 22.9. The Morgan fingerprint density at radius 1 is 1.15 bits per heavy atom. The number of hydrogen-bond donors (Lipinski definition) is 0. The molecule has 0 aromatic carbocycles. The number of aryl methyl sites for hydroxylation is 1. The fraction of sp³-hybridized carbons (Fsp3) is 0.545. The fourth-order valence-electron chi connectivity index (χ4n) is 4.96. The van der Waals surface area contributed by atoms with Crippen LogP contribution >= 0.6 is 0 Å². The molecular weight excluding hydrogens is 336 g/mol.